The van der Waals surface area contributed by atoms with E-state index in [1.54, 1.807) is 30.3 Å². The van der Waals surface area contributed by atoms with E-state index in [0.29, 0.717) is 71.2 Å². The van der Waals surface area contributed by atoms with Crippen molar-refractivity contribution in [2.75, 3.05) is 26.3 Å². The molecule has 0 spiro atoms. The van der Waals surface area contributed by atoms with Gasteiger partial charge in [-0.1, -0.05) is 43.6 Å². The maximum atomic E-state index is 13.3. The Labute approximate surface area is 235 Å². The summed E-state index contributed by atoms with van der Waals surface area (Å²) in [4.78, 5) is 13.3. The van der Waals surface area contributed by atoms with Crippen LogP contribution in [0.15, 0.2) is 71.1 Å². The molecule has 0 saturated carbocycles. The van der Waals surface area contributed by atoms with Crippen LogP contribution in [0.3, 0.4) is 0 Å². The van der Waals surface area contributed by atoms with Crippen molar-refractivity contribution in [2.45, 2.75) is 52.2 Å². The maximum absolute atomic E-state index is 13.3. The molecule has 2 aromatic carbocycles. The number of ether oxygens (including phenoxy) is 2. The second-order valence-corrected chi connectivity index (χ2v) is 10.1. The van der Waals surface area contributed by atoms with Crippen LogP contribution in [0.2, 0.25) is 5.02 Å². The molecular formula is C30H37ClN4O4. The minimum atomic E-state index is -0.589. The Hall–Kier alpha value is -3.51. The van der Waals surface area contributed by atoms with Crippen molar-refractivity contribution in [1.29, 1.82) is 5.26 Å². The van der Waals surface area contributed by atoms with E-state index in [1.165, 1.54) is 0 Å². The fourth-order valence-corrected chi connectivity index (χ4v) is 4.52. The standard InChI is InChI=1S/C30H37ClN4O4/c1-19(2)34-17-22(36)18-39-24-12-10-23(11-13-24)38-15-7-14-33-30(37)28-21(4)35-20(3)26(16-32)29(28)25-8-5-6-9-27(25)31/h5-6,8-13,19,22,29,34-36H,7,14-15,17-18H2,1-4H3,(H,33,37). The van der Waals surface area contributed by atoms with Gasteiger partial charge in [-0.25, -0.2) is 0 Å². The van der Waals surface area contributed by atoms with E-state index in [4.69, 9.17) is 21.1 Å². The number of halogens is 1. The number of amides is 1. The molecule has 1 amide bonds. The van der Waals surface area contributed by atoms with Crippen LogP contribution in [-0.4, -0.2) is 49.5 Å². The highest BCUT2D eigenvalue weighted by atomic mass is 35.5. The highest BCUT2D eigenvalue weighted by molar-refractivity contribution is 6.31. The van der Waals surface area contributed by atoms with Crippen molar-refractivity contribution >= 4 is 17.5 Å². The number of benzene rings is 2. The molecule has 8 nitrogen and oxygen atoms in total. The lowest BCUT2D eigenvalue weighted by Gasteiger charge is -2.29. The highest BCUT2D eigenvalue weighted by Gasteiger charge is 2.34. The van der Waals surface area contributed by atoms with Crippen molar-refractivity contribution in [3.8, 4) is 17.6 Å². The number of carbonyl (C=O) groups is 1. The lowest BCUT2D eigenvalue weighted by atomic mass is 9.80. The van der Waals surface area contributed by atoms with Crippen LogP contribution in [0.5, 0.6) is 11.5 Å². The van der Waals surface area contributed by atoms with Gasteiger partial charge in [-0.2, -0.15) is 5.26 Å². The van der Waals surface area contributed by atoms with Gasteiger partial charge >= 0.3 is 0 Å². The Balaban J connectivity index is 1.49. The molecule has 0 aromatic heterocycles. The van der Waals surface area contributed by atoms with Gasteiger partial charge in [0.25, 0.3) is 0 Å². The minimum absolute atomic E-state index is 0.202. The van der Waals surface area contributed by atoms with Gasteiger partial charge in [0, 0.05) is 41.1 Å². The number of rotatable bonds is 13. The summed E-state index contributed by atoms with van der Waals surface area (Å²) < 4.78 is 11.4. The molecule has 1 aliphatic heterocycles. The number of aliphatic hydroxyl groups is 1. The first-order chi connectivity index (χ1) is 18.7. The molecule has 0 radical (unpaired) electrons. The molecule has 2 aromatic rings. The van der Waals surface area contributed by atoms with Crippen LogP contribution in [-0.2, 0) is 4.79 Å². The fraction of sp³-hybridized carbons (Fsp3) is 0.400. The third kappa shape index (κ3) is 8.49. The molecule has 4 N–H and O–H groups in total. The number of hydrogen-bond acceptors (Lipinski definition) is 7. The number of aliphatic hydroxyl groups excluding tert-OH is 1. The highest BCUT2D eigenvalue weighted by Crippen LogP contribution is 2.40. The molecule has 0 fully saturated rings. The maximum Gasteiger partial charge on any atom is 0.249 e. The van der Waals surface area contributed by atoms with Crippen LogP contribution < -0.4 is 25.4 Å². The van der Waals surface area contributed by atoms with Crippen LogP contribution in [0.4, 0.5) is 0 Å². The van der Waals surface area contributed by atoms with E-state index in [2.05, 4.69) is 22.0 Å². The quantitative estimate of drug-likeness (QED) is 0.272. The number of hydrogen-bond donors (Lipinski definition) is 4. The summed E-state index contributed by atoms with van der Waals surface area (Å²) in [6.45, 7) is 9.18. The molecule has 1 heterocycles. The zero-order valence-electron chi connectivity index (χ0n) is 22.9. The van der Waals surface area contributed by atoms with E-state index in [-0.39, 0.29) is 12.5 Å². The van der Waals surface area contributed by atoms with Gasteiger partial charge in [0.1, 0.15) is 24.2 Å². The van der Waals surface area contributed by atoms with Gasteiger partial charge in [-0.05, 0) is 56.2 Å². The molecule has 2 atom stereocenters. The molecule has 0 bridgehead atoms. The van der Waals surface area contributed by atoms with Crippen LogP contribution in [0.25, 0.3) is 0 Å². The second kappa shape index (κ2) is 14.6. The van der Waals surface area contributed by atoms with Gasteiger partial charge in [0.15, 0.2) is 0 Å². The van der Waals surface area contributed by atoms with Gasteiger partial charge in [-0.3, -0.25) is 4.79 Å². The molecule has 0 aliphatic carbocycles. The van der Waals surface area contributed by atoms with Gasteiger partial charge < -0.3 is 30.5 Å². The summed E-state index contributed by atoms with van der Waals surface area (Å²) in [6, 6.07) is 17.0. The number of nitrogens with zero attached hydrogens (tertiary/aromatic N) is 1. The molecule has 1 aliphatic rings. The predicted octanol–water partition coefficient (Wildman–Crippen LogP) is 4.42. The molecule has 208 valence electrons. The van der Waals surface area contributed by atoms with Crippen LogP contribution in [0.1, 0.15) is 45.6 Å². The molecule has 9 heteroatoms. The van der Waals surface area contributed by atoms with Crippen molar-refractivity contribution < 1.29 is 19.4 Å². The number of nitriles is 1. The fourth-order valence-electron chi connectivity index (χ4n) is 4.28. The molecule has 3 rings (SSSR count). The zero-order chi connectivity index (χ0) is 28.4. The minimum Gasteiger partial charge on any atom is -0.494 e. The predicted molar refractivity (Wildman–Crippen MR) is 153 cm³/mol. The van der Waals surface area contributed by atoms with Gasteiger partial charge in [0.05, 0.1) is 24.2 Å². The van der Waals surface area contributed by atoms with E-state index in [0.717, 1.165) is 5.56 Å². The first kappa shape index (κ1) is 30.0. The summed E-state index contributed by atoms with van der Waals surface area (Å²) in [5, 5.41) is 29.6. The van der Waals surface area contributed by atoms with Crippen LogP contribution >= 0.6 is 11.6 Å². The Morgan fingerprint density at radius 3 is 2.41 bits per heavy atom. The van der Waals surface area contributed by atoms with Crippen molar-refractivity contribution in [2.24, 2.45) is 0 Å². The normalized spacial score (nSPS) is 16.0. The lowest BCUT2D eigenvalue weighted by Crippen LogP contribution is -2.35. The summed E-state index contributed by atoms with van der Waals surface area (Å²) >= 11 is 6.47. The van der Waals surface area contributed by atoms with E-state index in [9.17, 15) is 15.2 Å². The lowest BCUT2D eigenvalue weighted by molar-refractivity contribution is -0.117. The third-order valence-electron chi connectivity index (χ3n) is 6.24. The van der Waals surface area contributed by atoms with Crippen LogP contribution in [0, 0.1) is 11.3 Å². The van der Waals surface area contributed by atoms with E-state index >= 15 is 0 Å². The molecular weight excluding hydrogens is 516 g/mol. The number of dihydropyridines is 1. The van der Waals surface area contributed by atoms with Crippen molar-refractivity contribution in [3.05, 3.63) is 81.7 Å². The van der Waals surface area contributed by atoms with E-state index < -0.39 is 12.0 Å². The number of nitrogens with one attached hydrogen (secondary N) is 3. The Morgan fingerprint density at radius 1 is 1.10 bits per heavy atom. The first-order valence-electron chi connectivity index (χ1n) is 13.1. The average molecular weight is 553 g/mol. The van der Waals surface area contributed by atoms with Gasteiger partial charge in [0.2, 0.25) is 5.91 Å². The summed E-state index contributed by atoms with van der Waals surface area (Å²) in [6.07, 6.45) is 0.00387. The Morgan fingerprint density at radius 2 is 1.77 bits per heavy atom. The SMILES string of the molecule is CC1=C(C#N)C(c2ccccc2Cl)C(C(=O)NCCCOc2ccc(OCC(O)CNC(C)C)cc2)=C(C)N1. The average Bonchev–Trinajstić information content (AvgIpc) is 2.91. The zero-order valence-corrected chi connectivity index (χ0v) is 23.6. The summed E-state index contributed by atoms with van der Waals surface area (Å²) in [5.74, 6) is 0.535. The van der Waals surface area contributed by atoms with E-state index in [1.807, 2.05) is 45.9 Å². The topological polar surface area (TPSA) is 116 Å². The Bertz CT molecular complexity index is 1230. The third-order valence-corrected chi connectivity index (χ3v) is 6.59. The van der Waals surface area contributed by atoms with Gasteiger partial charge in [-0.15, -0.1) is 0 Å². The molecule has 39 heavy (non-hydrogen) atoms. The molecule has 0 saturated heterocycles. The molecule has 2 unspecified atom stereocenters. The second-order valence-electron chi connectivity index (χ2n) is 9.73. The number of carbonyl (C=O) groups excluding carboxylic acids is 1. The Kier molecular flexibility index (Phi) is 11.2. The number of allylic oxidation sites excluding steroid dienone is 3. The summed E-state index contributed by atoms with van der Waals surface area (Å²) in [7, 11) is 0. The first-order valence-corrected chi connectivity index (χ1v) is 13.5. The van der Waals surface area contributed by atoms with Crippen molar-refractivity contribution in [3.63, 3.8) is 0 Å². The smallest absolute Gasteiger partial charge is 0.249 e. The monoisotopic (exact) mass is 552 g/mol. The van der Waals surface area contributed by atoms with Crippen molar-refractivity contribution in [1.82, 2.24) is 16.0 Å². The summed E-state index contributed by atoms with van der Waals surface area (Å²) in [5.41, 5.74) is 3.07. The largest absolute Gasteiger partial charge is 0.494 e.